The van der Waals surface area contributed by atoms with Crippen molar-refractivity contribution in [2.75, 3.05) is 13.1 Å². The van der Waals surface area contributed by atoms with E-state index in [-0.39, 0.29) is 35.6 Å². The zero-order valence-corrected chi connectivity index (χ0v) is 18.0. The number of rotatable bonds is 3. The first kappa shape index (κ1) is 20.2. The van der Waals surface area contributed by atoms with Gasteiger partial charge >= 0.3 is 0 Å². The standard InChI is InChI=1S/C26H29FN2O2/c1-17-12-19(10-11-22(17)27)26(31)28-15-20-14-21(16-28)24(13-18-6-3-2-4-7-18)29-23(20)8-5-9-25(29)30/h2-4,6-7,10-12,20-21,23-24H,5,8-9,13-16H2,1H3/t20-,21+,23+,24+/m1/s1. The molecule has 0 aromatic heterocycles. The molecule has 3 heterocycles. The molecule has 31 heavy (non-hydrogen) atoms. The zero-order valence-electron chi connectivity index (χ0n) is 18.0. The molecule has 3 fully saturated rings. The Bertz CT molecular complexity index is 992. The summed E-state index contributed by atoms with van der Waals surface area (Å²) >= 11 is 0. The van der Waals surface area contributed by atoms with E-state index in [4.69, 9.17) is 0 Å². The van der Waals surface area contributed by atoms with Crippen LogP contribution in [0.15, 0.2) is 48.5 Å². The Kier molecular flexibility index (Phi) is 5.28. The van der Waals surface area contributed by atoms with E-state index in [2.05, 4.69) is 17.0 Å². The van der Waals surface area contributed by atoms with Crippen LogP contribution in [0.3, 0.4) is 0 Å². The summed E-state index contributed by atoms with van der Waals surface area (Å²) in [5.74, 6) is 0.558. The van der Waals surface area contributed by atoms with Crippen molar-refractivity contribution in [3.8, 4) is 0 Å². The van der Waals surface area contributed by atoms with Gasteiger partial charge in [0.1, 0.15) is 5.82 Å². The van der Waals surface area contributed by atoms with Crippen LogP contribution in [0.2, 0.25) is 0 Å². The highest BCUT2D eigenvalue weighted by Gasteiger charge is 2.49. The van der Waals surface area contributed by atoms with Gasteiger partial charge in [0, 0.05) is 37.2 Å². The number of fused-ring (bicyclic) bond motifs is 4. The highest BCUT2D eigenvalue weighted by Crippen LogP contribution is 2.42. The summed E-state index contributed by atoms with van der Waals surface area (Å²) < 4.78 is 13.7. The maximum atomic E-state index is 13.7. The van der Waals surface area contributed by atoms with Crippen LogP contribution in [0.1, 0.15) is 47.2 Å². The smallest absolute Gasteiger partial charge is 0.253 e. The minimum atomic E-state index is -0.286. The van der Waals surface area contributed by atoms with Crippen LogP contribution in [0, 0.1) is 24.6 Å². The molecule has 162 valence electrons. The summed E-state index contributed by atoms with van der Waals surface area (Å²) in [5.41, 5.74) is 2.28. The largest absolute Gasteiger partial charge is 0.338 e. The van der Waals surface area contributed by atoms with Gasteiger partial charge in [-0.1, -0.05) is 30.3 Å². The van der Waals surface area contributed by atoms with Crippen LogP contribution in [0.25, 0.3) is 0 Å². The first-order chi connectivity index (χ1) is 15.0. The van der Waals surface area contributed by atoms with E-state index in [1.165, 1.54) is 11.6 Å². The van der Waals surface area contributed by atoms with Crippen LogP contribution in [0.5, 0.6) is 0 Å². The van der Waals surface area contributed by atoms with E-state index >= 15 is 0 Å². The second kappa shape index (κ2) is 8.10. The number of carbonyl (C=O) groups excluding carboxylic acids is 2. The molecule has 0 spiro atoms. The fourth-order valence-electron chi connectivity index (χ4n) is 6.02. The Labute approximate surface area is 183 Å². The molecule has 3 saturated heterocycles. The molecular formula is C26H29FN2O2. The minimum absolute atomic E-state index is 0.0214. The highest BCUT2D eigenvalue weighted by atomic mass is 19.1. The Balaban J connectivity index is 1.44. The summed E-state index contributed by atoms with van der Waals surface area (Å²) in [5, 5.41) is 0. The average molecular weight is 421 g/mol. The lowest BCUT2D eigenvalue weighted by atomic mass is 9.70. The quantitative estimate of drug-likeness (QED) is 0.746. The third-order valence-corrected chi connectivity index (χ3v) is 7.48. The molecule has 4 nitrogen and oxygen atoms in total. The highest BCUT2D eigenvalue weighted by molar-refractivity contribution is 5.94. The number of halogens is 1. The van der Waals surface area contributed by atoms with E-state index in [0.717, 1.165) is 25.7 Å². The number of aryl methyl sites for hydroxylation is 1. The molecule has 4 atom stereocenters. The molecule has 0 aliphatic carbocycles. The van der Waals surface area contributed by atoms with Gasteiger partial charge in [0.2, 0.25) is 5.91 Å². The maximum absolute atomic E-state index is 13.7. The molecule has 2 bridgehead atoms. The normalized spacial score (nSPS) is 27.7. The van der Waals surface area contributed by atoms with Crippen LogP contribution in [0.4, 0.5) is 4.39 Å². The molecule has 5 rings (SSSR count). The molecule has 2 amide bonds. The van der Waals surface area contributed by atoms with E-state index in [9.17, 15) is 14.0 Å². The summed E-state index contributed by atoms with van der Waals surface area (Å²) in [7, 11) is 0. The van der Waals surface area contributed by atoms with Crippen molar-refractivity contribution in [1.29, 1.82) is 0 Å². The van der Waals surface area contributed by atoms with Gasteiger partial charge in [-0.15, -0.1) is 0 Å². The van der Waals surface area contributed by atoms with Crippen molar-refractivity contribution in [2.45, 2.75) is 51.1 Å². The Morgan fingerprint density at radius 2 is 1.87 bits per heavy atom. The third-order valence-electron chi connectivity index (χ3n) is 7.48. The number of likely N-dealkylation sites (tertiary alicyclic amines) is 1. The van der Waals surface area contributed by atoms with Crippen molar-refractivity contribution >= 4 is 11.8 Å². The lowest BCUT2D eigenvalue weighted by Gasteiger charge is -2.56. The van der Waals surface area contributed by atoms with Gasteiger partial charge < -0.3 is 9.80 Å². The van der Waals surface area contributed by atoms with Gasteiger partial charge in [0.15, 0.2) is 0 Å². The number of piperidine rings is 3. The van der Waals surface area contributed by atoms with Crippen molar-refractivity contribution in [2.24, 2.45) is 11.8 Å². The van der Waals surface area contributed by atoms with Crippen LogP contribution < -0.4 is 0 Å². The second-order valence-electron chi connectivity index (χ2n) is 9.45. The number of hydrogen-bond acceptors (Lipinski definition) is 2. The minimum Gasteiger partial charge on any atom is -0.338 e. The molecule has 0 unspecified atom stereocenters. The molecule has 0 radical (unpaired) electrons. The molecule has 0 N–H and O–H groups in total. The maximum Gasteiger partial charge on any atom is 0.253 e. The molecule has 2 aromatic rings. The van der Waals surface area contributed by atoms with Crippen molar-refractivity contribution in [1.82, 2.24) is 9.80 Å². The van der Waals surface area contributed by atoms with Gasteiger partial charge in [0.25, 0.3) is 5.91 Å². The zero-order chi connectivity index (χ0) is 21.5. The van der Waals surface area contributed by atoms with Crippen LogP contribution in [-0.4, -0.2) is 46.8 Å². The molecule has 5 heteroatoms. The van der Waals surface area contributed by atoms with E-state index in [1.54, 1.807) is 19.1 Å². The molecule has 3 aliphatic heterocycles. The van der Waals surface area contributed by atoms with Crippen molar-refractivity contribution < 1.29 is 14.0 Å². The van der Waals surface area contributed by atoms with Crippen LogP contribution in [-0.2, 0) is 11.2 Å². The number of carbonyl (C=O) groups is 2. The molecule has 0 saturated carbocycles. The Morgan fingerprint density at radius 1 is 1.10 bits per heavy atom. The molecule has 2 aromatic carbocycles. The second-order valence-corrected chi connectivity index (χ2v) is 9.45. The predicted octanol–water partition coefficient (Wildman–Crippen LogP) is 4.22. The van der Waals surface area contributed by atoms with Gasteiger partial charge in [-0.25, -0.2) is 4.39 Å². The summed E-state index contributed by atoms with van der Waals surface area (Å²) in [4.78, 5) is 30.4. The summed E-state index contributed by atoms with van der Waals surface area (Å²) in [6.07, 6.45) is 4.49. The van der Waals surface area contributed by atoms with Crippen molar-refractivity contribution in [3.05, 3.63) is 71.0 Å². The topological polar surface area (TPSA) is 40.6 Å². The third kappa shape index (κ3) is 3.75. The lowest BCUT2D eigenvalue weighted by molar-refractivity contribution is -0.151. The number of nitrogens with zero attached hydrogens (tertiary/aromatic N) is 2. The first-order valence-electron chi connectivity index (χ1n) is 11.4. The Hall–Kier alpha value is -2.69. The SMILES string of the molecule is Cc1cc(C(=O)N2C[C@H]3C[C@@H](C2)[C@H](Cc2ccccc2)N2C(=O)CCC[C@@H]32)ccc1F. The number of benzene rings is 2. The lowest BCUT2D eigenvalue weighted by Crippen LogP contribution is -2.66. The van der Waals surface area contributed by atoms with E-state index < -0.39 is 0 Å². The summed E-state index contributed by atoms with van der Waals surface area (Å²) in [6, 6.07) is 15.3. The fraction of sp³-hybridized carbons (Fsp3) is 0.462. The fourth-order valence-corrected chi connectivity index (χ4v) is 6.02. The Morgan fingerprint density at radius 3 is 2.65 bits per heavy atom. The van der Waals surface area contributed by atoms with E-state index in [1.807, 2.05) is 23.1 Å². The molecule has 3 aliphatic rings. The van der Waals surface area contributed by atoms with Crippen LogP contribution >= 0.6 is 0 Å². The predicted molar refractivity (Wildman–Crippen MR) is 117 cm³/mol. The van der Waals surface area contributed by atoms with Gasteiger partial charge in [-0.2, -0.15) is 0 Å². The van der Waals surface area contributed by atoms with Gasteiger partial charge in [-0.05, 0) is 73.8 Å². The summed E-state index contributed by atoms with van der Waals surface area (Å²) in [6.45, 7) is 3.02. The number of amides is 2. The number of hydrogen-bond donors (Lipinski definition) is 0. The monoisotopic (exact) mass is 420 g/mol. The van der Waals surface area contributed by atoms with Crippen molar-refractivity contribution in [3.63, 3.8) is 0 Å². The van der Waals surface area contributed by atoms with E-state index in [0.29, 0.717) is 36.6 Å². The van der Waals surface area contributed by atoms with Gasteiger partial charge in [-0.3, -0.25) is 9.59 Å². The molecular weight excluding hydrogens is 391 g/mol. The first-order valence-corrected chi connectivity index (χ1v) is 11.4. The van der Waals surface area contributed by atoms with Gasteiger partial charge in [0.05, 0.1) is 0 Å². The average Bonchev–Trinajstić information content (AvgIpc) is 2.78.